The standard InChI is InChI=1S/C7H14BrNO2/c1-2-9-6(7(10)11)4-3-5-8/h6,9H,2-5H2,1H3,(H,10,11). The maximum atomic E-state index is 10.5. The lowest BCUT2D eigenvalue weighted by Gasteiger charge is -2.11. The van der Waals surface area contributed by atoms with Gasteiger partial charge in [-0.3, -0.25) is 4.79 Å². The van der Waals surface area contributed by atoms with Crippen LogP contribution in [0, 0.1) is 0 Å². The van der Waals surface area contributed by atoms with Crippen LogP contribution in [0.3, 0.4) is 0 Å². The topological polar surface area (TPSA) is 49.3 Å². The zero-order chi connectivity index (χ0) is 8.69. The Morgan fingerprint density at radius 1 is 1.73 bits per heavy atom. The molecule has 0 aromatic heterocycles. The van der Waals surface area contributed by atoms with E-state index in [0.717, 1.165) is 11.8 Å². The molecule has 0 radical (unpaired) electrons. The van der Waals surface area contributed by atoms with Gasteiger partial charge in [0, 0.05) is 5.33 Å². The van der Waals surface area contributed by atoms with Gasteiger partial charge >= 0.3 is 5.97 Å². The van der Waals surface area contributed by atoms with Crippen molar-refractivity contribution in [1.29, 1.82) is 0 Å². The lowest BCUT2D eigenvalue weighted by molar-refractivity contribution is -0.139. The minimum Gasteiger partial charge on any atom is -0.480 e. The Bertz CT molecular complexity index is 119. The van der Waals surface area contributed by atoms with Crippen molar-refractivity contribution in [2.75, 3.05) is 11.9 Å². The minimum absolute atomic E-state index is 0.377. The fourth-order valence-corrected chi connectivity index (χ4v) is 1.16. The summed E-state index contributed by atoms with van der Waals surface area (Å²) in [5.41, 5.74) is 0. The molecule has 2 N–H and O–H groups in total. The van der Waals surface area contributed by atoms with Gasteiger partial charge in [-0.05, 0) is 19.4 Å². The predicted octanol–water partition coefficient (Wildman–Crippen LogP) is 1.22. The van der Waals surface area contributed by atoms with Crippen molar-refractivity contribution in [1.82, 2.24) is 5.32 Å². The normalized spacial score (nSPS) is 12.9. The summed E-state index contributed by atoms with van der Waals surface area (Å²) in [7, 11) is 0. The molecular weight excluding hydrogens is 210 g/mol. The van der Waals surface area contributed by atoms with Crippen molar-refractivity contribution in [3.63, 3.8) is 0 Å². The molecule has 0 rings (SSSR count). The van der Waals surface area contributed by atoms with E-state index < -0.39 is 5.97 Å². The van der Waals surface area contributed by atoms with E-state index in [2.05, 4.69) is 21.2 Å². The summed E-state index contributed by atoms with van der Waals surface area (Å²) in [5.74, 6) is -0.757. The molecule has 0 amide bonds. The molecule has 1 unspecified atom stereocenters. The number of rotatable bonds is 6. The lowest BCUT2D eigenvalue weighted by Crippen LogP contribution is -2.36. The molecule has 4 heteroatoms. The number of carbonyl (C=O) groups is 1. The molecule has 0 bridgehead atoms. The van der Waals surface area contributed by atoms with Gasteiger partial charge in [-0.25, -0.2) is 0 Å². The number of hydrogen-bond acceptors (Lipinski definition) is 2. The van der Waals surface area contributed by atoms with E-state index in [4.69, 9.17) is 5.11 Å². The third kappa shape index (κ3) is 5.21. The first-order chi connectivity index (χ1) is 5.22. The molecule has 1 atom stereocenters. The molecule has 0 saturated carbocycles. The van der Waals surface area contributed by atoms with Gasteiger partial charge in [0.1, 0.15) is 6.04 Å². The molecule has 0 aromatic carbocycles. The zero-order valence-electron chi connectivity index (χ0n) is 6.64. The monoisotopic (exact) mass is 223 g/mol. The molecule has 11 heavy (non-hydrogen) atoms. The van der Waals surface area contributed by atoms with Crippen LogP contribution in [0.1, 0.15) is 19.8 Å². The van der Waals surface area contributed by atoms with E-state index in [9.17, 15) is 4.79 Å². The van der Waals surface area contributed by atoms with Crippen molar-refractivity contribution in [3.05, 3.63) is 0 Å². The van der Waals surface area contributed by atoms with Crippen molar-refractivity contribution in [2.24, 2.45) is 0 Å². The first-order valence-corrected chi connectivity index (χ1v) is 4.86. The SMILES string of the molecule is CCNC(CCCBr)C(=O)O. The predicted molar refractivity (Wildman–Crippen MR) is 48.1 cm³/mol. The van der Waals surface area contributed by atoms with Gasteiger partial charge in [0.2, 0.25) is 0 Å². The fourth-order valence-electron chi connectivity index (χ4n) is 0.841. The van der Waals surface area contributed by atoms with Crippen LogP contribution in [-0.2, 0) is 4.79 Å². The number of carboxylic acids is 1. The second kappa shape index (κ2) is 6.61. The molecule has 0 saturated heterocycles. The first-order valence-electron chi connectivity index (χ1n) is 3.74. The number of likely N-dealkylation sites (N-methyl/N-ethyl adjacent to an activating group) is 1. The van der Waals surface area contributed by atoms with Crippen molar-refractivity contribution >= 4 is 21.9 Å². The molecule has 66 valence electrons. The third-order valence-corrected chi connectivity index (χ3v) is 1.94. The first kappa shape index (κ1) is 10.9. The molecule has 0 heterocycles. The molecule has 0 fully saturated rings. The van der Waals surface area contributed by atoms with E-state index in [0.29, 0.717) is 13.0 Å². The maximum absolute atomic E-state index is 10.5. The second-order valence-corrected chi connectivity index (χ2v) is 3.07. The van der Waals surface area contributed by atoms with E-state index in [1.54, 1.807) is 0 Å². The summed E-state index contributed by atoms with van der Waals surface area (Å²) in [4.78, 5) is 10.5. The average Bonchev–Trinajstić information content (AvgIpc) is 1.97. The molecule has 0 spiro atoms. The highest BCUT2D eigenvalue weighted by molar-refractivity contribution is 9.09. The maximum Gasteiger partial charge on any atom is 0.320 e. The molecule has 0 aromatic rings. The summed E-state index contributed by atoms with van der Waals surface area (Å²) in [6.45, 7) is 2.61. The highest BCUT2D eigenvalue weighted by Gasteiger charge is 2.13. The highest BCUT2D eigenvalue weighted by atomic mass is 79.9. The van der Waals surface area contributed by atoms with Crippen LogP contribution in [0.25, 0.3) is 0 Å². The van der Waals surface area contributed by atoms with Crippen LogP contribution in [0.2, 0.25) is 0 Å². The molecule has 3 nitrogen and oxygen atoms in total. The van der Waals surface area contributed by atoms with Crippen LogP contribution >= 0.6 is 15.9 Å². The highest BCUT2D eigenvalue weighted by Crippen LogP contribution is 1.99. The van der Waals surface area contributed by atoms with E-state index in [-0.39, 0.29) is 6.04 Å². The van der Waals surface area contributed by atoms with E-state index in [1.165, 1.54) is 0 Å². The number of hydrogen-bond donors (Lipinski definition) is 2. The number of nitrogens with one attached hydrogen (secondary N) is 1. The van der Waals surface area contributed by atoms with Crippen molar-refractivity contribution < 1.29 is 9.90 Å². The third-order valence-electron chi connectivity index (χ3n) is 1.38. The van der Waals surface area contributed by atoms with Gasteiger partial charge < -0.3 is 10.4 Å². The number of aliphatic carboxylic acids is 1. The van der Waals surface area contributed by atoms with Crippen LogP contribution < -0.4 is 5.32 Å². The Morgan fingerprint density at radius 2 is 2.36 bits per heavy atom. The zero-order valence-corrected chi connectivity index (χ0v) is 8.23. The Kier molecular flexibility index (Phi) is 6.56. The van der Waals surface area contributed by atoms with Crippen LogP contribution in [0.15, 0.2) is 0 Å². The Labute approximate surface area is 75.3 Å². The van der Waals surface area contributed by atoms with Gasteiger partial charge in [0.25, 0.3) is 0 Å². The Balaban J connectivity index is 3.60. The van der Waals surface area contributed by atoms with Gasteiger partial charge in [-0.2, -0.15) is 0 Å². The van der Waals surface area contributed by atoms with E-state index >= 15 is 0 Å². The van der Waals surface area contributed by atoms with Gasteiger partial charge in [0.05, 0.1) is 0 Å². The average molecular weight is 224 g/mol. The summed E-state index contributed by atoms with van der Waals surface area (Å²) < 4.78 is 0. The summed E-state index contributed by atoms with van der Waals surface area (Å²) in [6.07, 6.45) is 1.58. The van der Waals surface area contributed by atoms with Gasteiger partial charge in [-0.1, -0.05) is 22.9 Å². The number of halogens is 1. The lowest BCUT2D eigenvalue weighted by atomic mass is 10.2. The van der Waals surface area contributed by atoms with Crippen LogP contribution in [-0.4, -0.2) is 29.0 Å². The smallest absolute Gasteiger partial charge is 0.320 e. The second-order valence-electron chi connectivity index (χ2n) is 2.28. The molecule has 0 aliphatic rings. The number of alkyl halides is 1. The Hall–Kier alpha value is -0.0900. The van der Waals surface area contributed by atoms with Crippen molar-refractivity contribution in [2.45, 2.75) is 25.8 Å². The van der Waals surface area contributed by atoms with E-state index in [1.807, 2.05) is 6.92 Å². The van der Waals surface area contributed by atoms with Gasteiger partial charge in [0.15, 0.2) is 0 Å². The van der Waals surface area contributed by atoms with Gasteiger partial charge in [-0.15, -0.1) is 0 Å². The number of carboxylic acid groups (broad SMARTS) is 1. The summed E-state index contributed by atoms with van der Waals surface area (Å²) in [5, 5.41) is 12.4. The summed E-state index contributed by atoms with van der Waals surface area (Å²) >= 11 is 3.26. The molecule has 0 aliphatic carbocycles. The van der Waals surface area contributed by atoms with Crippen molar-refractivity contribution in [3.8, 4) is 0 Å². The summed E-state index contributed by atoms with van der Waals surface area (Å²) in [6, 6.07) is -0.377. The molecular formula is C7H14BrNO2. The van der Waals surface area contributed by atoms with Crippen LogP contribution in [0.4, 0.5) is 0 Å². The molecule has 0 aliphatic heterocycles. The quantitative estimate of drug-likeness (QED) is 0.667. The fraction of sp³-hybridized carbons (Fsp3) is 0.857. The largest absolute Gasteiger partial charge is 0.480 e. The minimum atomic E-state index is -0.757. The van der Waals surface area contributed by atoms with Crippen LogP contribution in [0.5, 0.6) is 0 Å². The Morgan fingerprint density at radius 3 is 2.73 bits per heavy atom.